The molecule has 2 amide bonds. The Morgan fingerprint density at radius 1 is 1.21 bits per heavy atom. The molecule has 1 saturated carbocycles. The van der Waals surface area contributed by atoms with Crippen LogP contribution in [0.15, 0.2) is 4.52 Å². The van der Waals surface area contributed by atoms with Crippen LogP contribution < -0.4 is 16.4 Å². The highest BCUT2D eigenvalue weighted by Gasteiger charge is 2.38. The number of nitrogens with two attached hydrogens (primary N) is 1. The monoisotopic (exact) mass is 393 g/mol. The van der Waals surface area contributed by atoms with Gasteiger partial charge in [0.25, 0.3) is 0 Å². The number of aromatic nitrogens is 2. The van der Waals surface area contributed by atoms with Crippen LogP contribution in [0.1, 0.15) is 83.9 Å². The molecular weight excluding hydrogens is 358 g/mol. The summed E-state index contributed by atoms with van der Waals surface area (Å²) in [5.74, 6) is 1.26. The topological polar surface area (TPSA) is 123 Å². The lowest BCUT2D eigenvalue weighted by Crippen LogP contribution is -2.45. The zero-order valence-corrected chi connectivity index (χ0v) is 17.4. The van der Waals surface area contributed by atoms with Crippen LogP contribution in [0.5, 0.6) is 0 Å². The van der Waals surface area contributed by atoms with Gasteiger partial charge >= 0.3 is 0 Å². The van der Waals surface area contributed by atoms with E-state index in [1.165, 1.54) is 6.92 Å². The van der Waals surface area contributed by atoms with Crippen molar-refractivity contribution >= 4 is 11.8 Å². The molecule has 0 bridgehead atoms. The van der Waals surface area contributed by atoms with Gasteiger partial charge in [-0.15, -0.1) is 0 Å². The van der Waals surface area contributed by atoms with Crippen LogP contribution in [0, 0.1) is 5.92 Å². The van der Waals surface area contributed by atoms with Gasteiger partial charge in [0.1, 0.15) is 5.54 Å². The summed E-state index contributed by atoms with van der Waals surface area (Å²) in [5.41, 5.74) is 5.18. The normalized spacial score (nSPS) is 17.8. The summed E-state index contributed by atoms with van der Waals surface area (Å²) in [6.45, 7) is 6.15. The zero-order valence-electron chi connectivity index (χ0n) is 17.4. The van der Waals surface area contributed by atoms with Gasteiger partial charge in [-0.2, -0.15) is 4.98 Å². The largest absolute Gasteiger partial charge is 0.352 e. The van der Waals surface area contributed by atoms with E-state index in [4.69, 9.17) is 10.3 Å². The number of hydrogen-bond donors (Lipinski definition) is 3. The third-order valence-electron chi connectivity index (χ3n) is 5.24. The average molecular weight is 394 g/mol. The number of rotatable bonds is 9. The Morgan fingerprint density at radius 3 is 2.46 bits per heavy atom. The Morgan fingerprint density at radius 2 is 1.89 bits per heavy atom. The van der Waals surface area contributed by atoms with Crippen LogP contribution in [0.4, 0.5) is 0 Å². The smallest absolute Gasteiger partial charge is 0.227 e. The zero-order chi connectivity index (χ0) is 20.6. The van der Waals surface area contributed by atoms with Gasteiger partial charge < -0.3 is 20.9 Å². The van der Waals surface area contributed by atoms with Gasteiger partial charge in [-0.05, 0) is 25.2 Å². The Hall–Kier alpha value is -1.96. The number of amides is 2. The standard InChI is InChI=1S/C20H35N5O3/c1-14(2)12-16(13-21)22-17(27)8-9-18-23-19(25-28-18)20(24-15(3)26)10-6-4-5-7-11-20/h14,16H,4-13,21H2,1-3H3,(H,22,27)(H,24,26). The molecule has 0 radical (unpaired) electrons. The Kier molecular flexibility index (Phi) is 8.41. The van der Waals surface area contributed by atoms with Crippen LogP contribution in [-0.2, 0) is 21.5 Å². The Labute approximate surface area is 167 Å². The number of nitrogens with zero attached hydrogens (tertiary/aromatic N) is 2. The van der Waals surface area contributed by atoms with Crippen molar-refractivity contribution in [3.63, 3.8) is 0 Å². The molecule has 0 spiro atoms. The number of carbonyl (C=O) groups is 2. The maximum Gasteiger partial charge on any atom is 0.227 e. The van der Waals surface area contributed by atoms with E-state index in [2.05, 4.69) is 34.6 Å². The molecule has 0 aliphatic heterocycles. The van der Waals surface area contributed by atoms with Crippen molar-refractivity contribution in [3.05, 3.63) is 11.7 Å². The summed E-state index contributed by atoms with van der Waals surface area (Å²) in [7, 11) is 0. The van der Waals surface area contributed by atoms with E-state index in [0.29, 0.717) is 30.6 Å². The second kappa shape index (κ2) is 10.5. The number of aryl methyl sites for hydroxylation is 1. The lowest BCUT2D eigenvalue weighted by atomic mass is 9.89. The number of hydrogen-bond acceptors (Lipinski definition) is 6. The van der Waals surface area contributed by atoms with Crippen molar-refractivity contribution in [1.29, 1.82) is 0 Å². The lowest BCUT2D eigenvalue weighted by Gasteiger charge is -2.30. The molecule has 0 aromatic carbocycles. The van der Waals surface area contributed by atoms with E-state index in [-0.39, 0.29) is 24.3 Å². The second-order valence-corrected chi connectivity index (χ2v) is 8.32. The quantitative estimate of drug-likeness (QED) is 0.553. The fraction of sp³-hybridized carbons (Fsp3) is 0.800. The fourth-order valence-electron chi connectivity index (χ4n) is 3.93. The van der Waals surface area contributed by atoms with Crippen LogP contribution in [0.2, 0.25) is 0 Å². The SMILES string of the molecule is CC(=O)NC1(c2noc(CCC(=O)NC(CN)CC(C)C)n2)CCCCCC1. The Bertz CT molecular complexity index is 636. The van der Waals surface area contributed by atoms with Gasteiger partial charge in [-0.3, -0.25) is 9.59 Å². The average Bonchev–Trinajstić information content (AvgIpc) is 2.99. The minimum Gasteiger partial charge on any atom is -0.352 e. The molecule has 158 valence electrons. The molecule has 2 rings (SSSR count). The van der Waals surface area contributed by atoms with E-state index in [9.17, 15) is 9.59 Å². The molecule has 0 saturated heterocycles. The van der Waals surface area contributed by atoms with Gasteiger partial charge in [0.05, 0.1) is 0 Å². The van der Waals surface area contributed by atoms with E-state index >= 15 is 0 Å². The predicted molar refractivity (Wildman–Crippen MR) is 106 cm³/mol. The molecule has 1 aromatic rings. The van der Waals surface area contributed by atoms with Crippen molar-refractivity contribution in [2.24, 2.45) is 11.7 Å². The summed E-state index contributed by atoms with van der Waals surface area (Å²) in [5, 5.41) is 10.2. The van der Waals surface area contributed by atoms with E-state index < -0.39 is 5.54 Å². The molecule has 1 aliphatic rings. The Balaban J connectivity index is 1.98. The van der Waals surface area contributed by atoms with Gasteiger partial charge in [0.15, 0.2) is 5.82 Å². The van der Waals surface area contributed by atoms with Gasteiger partial charge in [-0.1, -0.05) is 44.7 Å². The fourth-order valence-corrected chi connectivity index (χ4v) is 3.93. The molecule has 1 heterocycles. The highest BCUT2D eigenvalue weighted by molar-refractivity contribution is 5.76. The molecule has 8 heteroatoms. The van der Waals surface area contributed by atoms with Crippen LogP contribution in [0.25, 0.3) is 0 Å². The molecular formula is C20H35N5O3. The third kappa shape index (κ3) is 6.58. The summed E-state index contributed by atoms with van der Waals surface area (Å²) >= 11 is 0. The number of carbonyl (C=O) groups excluding carboxylic acids is 2. The van der Waals surface area contributed by atoms with Crippen LogP contribution in [0.3, 0.4) is 0 Å². The minimum absolute atomic E-state index is 0.0141. The molecule has 1 unspecified atom stereocenters. The maximum atomic E-state index is 12.2. The lowest BCUT2D eigenvalue weighted by molar-refractivity contribution is -0.122. The van der Waals surface area contributed by atoms with E-state index in [1.54, 1.807) is 0 Å². The molecule has 4 N–H and O–H groups in total. The first kappa shape index (κ1) is 22.3. The first-order valence-corrected chi connectivity index (χ1v) is 10.5. The highest BCUT2D eigenvalue weighted by atomic mass is 16.5. The van der Waals surface area contributed by atoms with E-state index in [0.717, 1.165) is 44.9 Å². The summed E-state index contributed by atoms with van der Waals surface area (Å²) in [6.07, 6.45) is 7.42. The number of nitrogens with one attached hydrogen (secondary N) is 2. The highest BCUT2D eigenvalue weighted by Crippen LogP contribution is 2.34. The first-order valence-electron chi connectivity index (χ1n) is 10.5. The molecule has 28 heavy (non-hydrogen) atoms. The first-order chi connectivity index (χ1) is 13.3. The molecule has 8 nitrogen and oxygen atoms in total. The second-order valence-electron chi connectivity index (χ2n) is 8.32. The summed E-state index contributed by atoms with van der Waals surface area (Å²) < 4.78 is 5.39. The van der Waals surface area contributed by atoms with Gasteiger partial charge in [0.2, 0.25) is 17.7 Å². The van der Waals surface area contributed by atoms with Crippen molar-refractivity contribution in [2.75, 3.05) is 6.54 Å². The van der Waals surface area contributed by atoms with E-state index in [1.807, 2.05) is 0 Å². The molecule has 1 aliphatic carbocycles. The molecule has 1 aromatic heterocycles. The molecule has 1 fully saturated rings. The van der Waals surface area contributed by atoms with Crippen molar-refractivity contribution in [3.8, 4) is 0 Å². The van der Waals surface area contributed by atoms with Crippen LogP contribution >= 0.6 is 0 Å². The summed E-state index contributed by atoms with van der Waals surface area (Å²) in [6, 6.07) is -0.0141. The maximum absolute atomic E-state index is 12.2. The minimum atomic E-state index is -0.561. The van der Waals surface area contributed by atoms with Crippen molar-refractivity contribution in [1.82, 2.24) is 20.8 Å². The van der Waals surface area contributed by atoms with Gasteiger partial charge in [0, 0.05) is 32.4 Å². The van der Waals surface area contributed by atoms with Gasteiger partial charge in [-0.25, -0.2) is 0 Å². The third-order valence-corrected chi connectivity index (χ3v) is 5.24. The predicted octanol–water partition coefficient (Wildman–Crippen LogP) is 2.18. The molecule has 1 atom stereocenters. The van der Waals surface area contributed by atoms with Crippen LogP contribution in [-0.4, -0.2) is 34.5 Å². The summed E-state index contributed by atoms with van der Waals surface area (Å²) in [4.78, 5) is 28.5. The van der Waals surface area contributed by atoms with Crippen molar-refractivity contribution in [2.45, 2.75) is 90.1 Å². The van der Waals surface area contributed by atoms with Crippen molar-refractivity contribution < 1.29 is 14.1 Å².